The standard InChI is InChI=1S/C10H14O2/c11-12-10-5-1-2-9(10)7-3-4-8(10)6-7/h1,5,7-9,11H,2-4,6H2/t7-,8+,9-,10-/m1/s1. The molecule has 2 heteroatoms. The van der Waals surface area contributed by atoms with Gasteiger partial charge in [0, 0.05) is 5.92 Å². The number of allylic oxidation sites excluding steroid dienone is 1. The minimum absolute atomic E-state index is 0.261. The van der Waals surface area contributed by atoms with Crippen LogP contribution in [-0.2, 0) is 4.89 Å². The molecule has 2 fully saturated rings. The molecule has 0 amide bonds. The summed E-state index contributed by atoms with van der Waals surface area (Å²) in [7, 11) is 0. The largest absolute Gasteiger partial charge is 0.251 e. The Kier molecular flexibility index (Phi) is 1.25. The molecule has 0 aliphatic heterocycles. The minimum Gasteiger partial charge on any atom is -0.251 e. The lowest BCUT2D eigenvalue weighted by Gasteiger charge is -2.35. The number of hydrogen-bond donors (Lipinski definition) is 1. The van der Waals surface area contributed by atoms with Crippen LogP contribution in [0.25, 0.3) is 0 Å². The Labute approximate surface area is 72.2 Å². The fraction of sp³-hybridized carbons (Fsp3) is 0.800. The van der Waals surface area contributed by atoms with Crippen LogP contribution < -0.4 is 0 Å². The highest BCUT2D eigenvalue weighted by atomic mass is 17.1. The van der Waals surface area contributed by atoms with E-state index in [1.807, 2.05) is 0 Å². The minimum atomic E-state index is -0.261. The molecule has 2 bridgehead atoms. The van der Waals surface area contributed by atoms with Gasteiger partial charge in [0.05, 0.1) is 0 Å². The van der Waals surface area contributed by atoms with Gasteiger partial charge >= 0.3 is 0 Å². The molecule has 0 saturated heterocycles. The highest BCUT2D eigenvalue weighted by Crippen LogP contribution is 2.60. The first-order chi connectivity index (χ1) is 5.87. The smallest absolute Gasteiger partial charge is 0.127 e. The van der Waals surface area contributed by atoms with Gasteiger partial charge in [-0.2, -0.15) is 0 Å². The average molecular weight is 166 g/mol. The van der Waals surface area contributed by atoms with Gasteiger partial charge in [0.2, 0.25) is 0 Å². The third kappa shape index (κ3) is 0.603. The van der Waals surface area contributed by atoms with Crippen LogP contribution >= 0.6 is 0 Å². The zero-order valence-electron chi connectivity index (χ0n) is 7.07. The number of rotatable bonds is 1. The predicted molar refractivity (Wildman–Crippen MR) is 44.5 cm³/mol. The van der Waals surface area contributed by atoms with Crippen LogP contribution in [0.4, 0.5) is 0 Å². The predicted octanol–water partition coefficient (Wildman–Crippen LogP) is 2.22. The zero-order chi connectivity index (χ0) is 8.18. The molecule has 0 aromatic rings. The van der Waals surface area contributed by atoms with Crippen LogP contribution in [0.1, 0.15) is 25.7 Å². The lowest BCUT2D eigenvalue weighted by atomic mass is 9.78. The molecular formula is C10H14O2. The summed E-state index contributed by atoms with van der Waals surface area (Å²) in [6, 6.07) is 0. The van der Waals surface area contributed by atoms with Crippen LogP contribution in [0.3, 0.4) is 0 Å². The molecule has 2 saturated carbocycles. The fourth-order valence-electron chi connectivity index (χ4n) is 3.67. The maximum Gasteiger partial charge on any atom is 0.127 e. The lowest BCUT2D eigenvalue weighted by molar-refractivity contribution is -0.329. The highest BCUT2D eigenvalue weighted by molar-refractivity contribution is 5.23. The van der Waals surface area contributed by atoms with Gasteiger partial charge in [-0.3, -0.25) is 5.26 Å². The first-order valence-corrected chi connectivity index (χ1v) is 4.87. The van der Waals surface area contributed by atoms with Gasteiger partial charge in [-0.1, -0.05) is 12.2 Å². The monoisotopic (exact) mass is 166 g/mol. The van der Waals surface area contributed by atoms with Gasteiger partial charge < -0.3 is 0 Å². The Hall–Kier alpha value is -0.340. The van der Waals surface area contributed by atoms with E-state index in [0.717, 1.165) is 12.3 Å². The van der Waals surface area contributed by atoms with Crippen molar-refractivity contribution in [3.8, 4) is 0 Å². The second-order valence-corrected chi connectivity index (χ2v) is 4.46. The van der Waals surface area contributed by atoms with Crippen molar-refractivity contribution in [3.05, 3.63) is 12.2 Å². The van der Waals surface area contributed by atoms with Crippen LogP contribution in [0.2, 0.25) is 0 Å². The summed E-state index contributed by atoms with van der Waals surface area (Å²) >= 11 is 0. The highest BCUT2D eigenvalue weighted by Gasteiger charge is 2.59. The van der Waals surface area contributed by atoms with E-state index in [-0.39, 0.29) is 5.60 Å². The molecule has 0 radical (unpaired) electrons. The second kappa shape index (κ2) is 2.12. The molecule has 0 spiro atoms. The van der Waals surface area contributed by atoms with Crippen molar-refractivity contribution in [1.29, 1.82) is 0 Å². The summed E-state index contributed by atoms with van der Waals surface area (Å²) in [5, 5.41) is 9.00. The molecule has 0 heterocycles. The van der Waals surface area contributed by atoms with Crippen molar-refractivity contribution in [2.45, 2.75) is 31.3 Å². The Balaban J connectivity index is 2.02. The maximum atomic E-state index is 9.00. The molecule has 1 N–H and O–H groups in total. The maximum absolute atomic E-state index is 9.00. The molecule has 3 rings (SSSR count). The summed E-state index contributed by atoms with van der Waals surface area (Å²) < 4.78 is 0. The van der Waals surface area contributed by atoms with E-state index in [1.54, 1.807) is 0 Å². The van der Waals surface area contributed by atoms with Crippen molar-refractivity contribution < 1.29 is 10.1 Å². The van der Waals surface area contributed by atoms with Gasteiger partial charge in [0.15, 0.2) is 0 Å². The quantitative estimate of drug-likeness (QED) is 0.367. The molecule has 2 nitrogen and oxygen atoms in total. The Morgan fingerprint density at radius 1 is 1.42 bits per heavy atom. The second-order valence-electron chi connectivity index (χ2n) is 4.46. The Morgan fingerprint density at radius 2 is 2.33 bits per heavy atom. The Morgan fingerprint density at radius 3 is 3.08 bits per heavy atom. The number of fused-ring (bicyclic) bond motifs is 5. The zero-order valence-corrected chi connectivity index (χ0v) is 7.07. The van der Waals surface area contributed by atoms with Gasteiger partial charge in [-0.25, -0.2) is 4.89 Å². The van der Waals surface area contributed by atoms with Gasteiger partial charge in [-0.15, -0.1) is 0 Å². The normalized spacial score (nSPS) is 54.9. The summed E-state index contributed by atoms with van der Waals surface area (Å²) in [5.41, 5.74) is -0.261. The van der Waals surface area contributed by atoms with Gasteiger partial charge in [-0.05, 0) is 37.5 Å². The van der Waals surface area contributed by atoms with E-state index in [2.05, 4.69) is 12.2 Å². The van der Waals surface area contributed by atoms with Crippen LogP contribution in [0.15, 0.2) is 12.2 Å². The first kappa shape index (κ1) is 7.10. The molecular weight excluding hydrogens is 152 g/mol. The molecule has 66 valence electrons. The molecule has 4 atom stereocenters. The topological polar surface area (TPSA) is 29.5 Å². The van der Waals surface area contributed by atoms with Gasteiger partial charge in [0.1, 0.15) is 5.60 Å². The molecule has 0 aromatic heterocycles. The van der Waals surface area contributed by atoms with Crippen molar-refractivity contribution in [2.75, 3.05) is 0 Å². The molecule has 0 unspecified atom stereocenters. The molecule has 3 aliphatic carbocycles. The van der Waals surface area contributed by atoms with Crippen LogP contribution in [0.5, 0.6) is 0 Å². The van der Waals surface area contributed by atoms with Gasteiger partial charge in [0.25, 0.3) is 0 Å². The summed E-state index contributed by atoms with van der Waals surface area (Å²) in [6.07, 6.45) is 9.25. The average Bonchev–Trinajstić information content (AvgIpc) is 2.76. The Bertz CT molecular complexity index is 236. The summed E-state index contributed by atoms with van der Waals surface area (Å²) in [4.78, 5) is 4.77. The molecule has 12 heavy (non-hydrogen) atoms. The van der Waals surface area contributed by atoms with E-state index in [9.17, 15) is 0 Å². The van der Waals surface area contributed by atoms with E-state index >= 15 is 0 Å². The fourth-order valence-corrected chi connectivity index (χ4v) is 3.67. The van der Waals surface area contributed by atoms with E-state index in [1.165, 1.54) is 19.3 Å². The molecule has 3 aliphatic rings. The van der Waals surface area contributed by atoms with E-state index in [4.69, 9.17) is 10.1 Å². The number of hydrogen-bond acceptors (Lipinski definition) is 2. The van der Waals surface area contributed by atoms with Crippen LogP contribution in [0, 0.1) is 17.8 Å². The molecule has 0 aromatic carbocycles. The SMILES string of the molecule is OO[C@@]12C=CC[C@@H]1[C@@H]1CC[C@H]2C1. The van der Waals surface area contributed by atoms with Crippen molar-refractivity contribution in [3.63, 3.8) is 0 Å². The van der Waals surface area contributed by atoms with E-state index < -0.39 is 0 Å². The van der Waals surface area contributed by atoms with Crippen molar-refractivity contribution in [1.82, 2.24) is 0 Å². The van der Waals surface area contributed by atoms with Crippen LogP contribution in [-0.4, -0.2) is 10.9 Å². The summed E-state index contributed by atoms with van der Waals surface area (Å²) in [5.74, 6) is 2.00. The third-order valence-electron chi connectivity index (χ3n) is 4.19. The lowest BCUT2D eigenvalue weighted by Crippen LogP contribution is -2.40. The summed E-state index contributed by atoms with van der Waals surface area (Å²) in [6.45, 7) is 0. The van der Waals surface area contributed by atoms with E-state index in [0.29, 0.717) is 11.8 Å². The first-order valence-electron chi connectivity index (χ1n) is 4.87. The van der Waals surface area contributed by atoms with Crippen molar-refractivity contribution in [2.24, 2.45) is 17.8 Å². The van der Waals surface area contributed by atoms with Crippen molar-refractivity contribution >= 4 is 0 Å². The third-order valence-corrected chi connectivity index (χ3v) is 4.19.